The zero-order chi connectivity index (χ0) is 27.1. The molecule has 194 valence electrons. The monoisotopic (exact) mass is 509 g/mol. The van der Waals surface area contributed by atoms with Crippen molar-refractivity contribution in [1.29, 1.82) is 5.26 Å². The molecule has 3 aromatic carbocycles. The van der Waals surface area contributed by atoms with Gasteiger partial charge in [-0.05, 0) is 85.8 Å². The first-order chi connectivity index (χ1) is 18.4. The maximum Gasteiger partial charge on any atom is 0.247 e. The Balaban J connectivity index is 1.67. The molecule has 0 bridgehead atoms. The summed E-state index contributed by atoms with van der Waals surface area (Å²) in [5, 5.41) is 17.3. The first-order valence-corrected chi connectivity index (χ1v) is 12.5. The largest absolute Gasteiger partial charge is 0.490 e. The van der Waals surface area contributed by atoms with E-state index in [0.29, 0.717) is 35.1 Å². The van der Waals surface area contributed by atoms with Gasteiger partial charge in [-0.15, -0.1) is 0 Å². The Morgan fingerprint density at radius 2 is 1.92 bits per heavy atom. The number of amides is 1. The maximum atomic E-state index is 13.6. The van der Waals surface area contributed by atoms with Crippen LogP contribution >= 0.6 is 0 Å². The average Bonchev–Trinajstić information content (AvgIpc) is 2.91. The molecule has 0 saturated heterocycles. The maximum absolute atomic E-state index is 13.6. The molecule has 1 atom stereocenters. The summed E-state index contributed by atoms with van der Waals surface area (Å²) in [7, 11) is 0. The number of carbonyl (C=O) groups excluding carboxylic acids is 1. The van der Waals surface area contributed by atoms with Crippen LogP contribution in [0.25, 0.3) is 10.8 Å². The van der Waals surface area contributed by atoms with Gasteiger partial charge in [-0.25, -0.2) is 4.98 Å². The third kappa shape index (κ3) is 6.31. The van der Waals surface area contributed by atoms with Crippen LogP contribution in [-0.2, 0) is 11.3 Å². The third-order valence-corrected chi connectivity index (χ3v) is 5.85. The quantitative estimate of drug-likeness (QED) is 0.264. The van der Waals surface area contributed by atoms with Crippen LogP contribution in [-0.4, -0.2) is 23.6 Å². The van der Waals surface area contributed by atoms with Gasteiger partial charge in [0.05, 0.1) is 24.3 Å². The van der Waals surface area contributed by atoms with Gasteiger partial charge < -0.3 is 25.8 Å². The lowest BCUT2D eigenvalue weighted by Crippen LogP contribution is -2.33. The Hall–Kier alpha value is -4.77. The number of hydrogen-bond donors (Lipinski definition) is 3. The summed E-state index contributed by atoms with van der Waals surface area (Å²) in [6.45, 7) is 6.53. The molecule has 0 saturated carbocycles. The molecule has 0 fully saturated rings. The van der Waals surface area contributed by atoms with Gasteiger partial charge in [0, 0.05) is 23.8 Å². The highest BCUT2D eigenvalue weighted by atomic mass is 16.5. The molecule has 8 nitrogen and oxygen atoms in total. The fraction of sp³-hybridized carbons (Fsp3) is 0.233. The fourth-order valence-corrected chi connectivity index (χ4v) is 4.12. The Labute approximate surface area is 222 Å². The van der Waals surface area contributed by atoms with E-state index in [9.17, 15) is 10.1 Å². The van der Waals surface area contributed by atoms with Crippen molar-refractivity contribution in [2.75, 3.05) is 17.7 Å². The second kappa shape index (κ2) is 12.0. The third-order valence-electron chi connectivity index (χ3n) is 5.85. The summed E-state index contributed by atoms with van der Waals surface area (Å²) < 4.78 is 11.8. The lowest BCUT2D eigenvalue weighted by molar-refractivity contribution is -0.122. The Morgan fingerprint density at radius 3 is 2.68 bits per heavy atom. The lowest BCUT2D eigenvalue weighted by Gasteiger charge is -2.22. The number of benzene rings is 3. The topological polar surface area (TPSA) is 122 Å². The zero-order valence-electron chi connectivity index (χ0n) is 21.7. The summed E-state index contributed by atoms with van der Waals surface area (Å²) in [6, 6.07) is 21.6. The van der Waals surface area contributed by atoms with Crippen LogP contribution in [0.5, 0.6) is 11.5 Å². The van der Waals surface area contributed by atoms with Crippen molar-refractivity contribution in [3.63, 3.8) is 0 Å². The van der Waals surface area contributed by atoms with Gasteiger partial charge in [-0.2, -0.15) is 5.26 Å². The van der Waals surface area contributed by atoms with Crippen molar-refractivity contribution in [3.05, 3.63) is 89.6 Å². The summed E-state index contributed by atoms with van der Waals surface area (Å²) in [4.78, 5) is 17.7. The molecule has 8 heteroatoms. The predicted octanol–water partition coefficient (Wildman–Crippen LogP) is 5.34. The van der Waals surface area contributed by atoms with E-state index in [1.165, 1.54) is 0 Å². The number of nitrogen functional groups attached to an aromatic ring is 1. The van der Waals surface area contributed by atoms with Crippen LogP contribution in [0.4, 0.5) is 11.5 Å². The Bertz CT molecular complexity index is 1480. The Kier molecular flexibility index (Phi) is 8.29. The second-order valence-corrected chi connectivity index (χ2v) is 9.05. The molecule has 1 aromatic heterocycles. The number of nitrogens with zero attached hydrogens (tertiary/aromatic N) is 2. The van der Waals surface area contributed by atoms with Crippen molar-refractivity contribution in [2.45, 2.75) is 39.5 Å². The Morgan fingerprint density at radius 1 is 1.08 bits per heavy atom. The average molecular weight is 510 g/mol. The van der Waals surface area contributed by atoms with E-state index in [4.69, 9.17) is 15.2 Å². The molecule has 4 N–H and O–H groups in total. The highest BCUT2D eigenvalue weighted by molar-refractivity contribution is 5.94. The van der Waals surface area contributed by atoms with Gasteiger partial charge in [0.25, 0.3) is 0 Å². The summed E-state index contributed by atoms with van der Waals surface area (Å²) in [5.74, 6) is 1.40. The fourth-order valence-electron chi connectivity index (χ4n) is 4.12. The minimum Gasteiger partial charge on any atom is -0.490 e. The first-order valence-electron chi connectivity index (χ1n) is 12.5. The van der Waals surface area contributed by atoms with Crippen molar-refractivity contribution in [1.82, 2.24) is 10.3 Å². The lowest BCUT2D eigenvalue weighted by atomic mass is 10.0. The number of hydrogen-bond acceptors (Lipinski definition) is 7. The summed E-state index contributed by atoms with van der Waals surface area (Å²) >= 11 is 0. The highest BCUT2D eigenvalue weighted by Crippen LogP contribution is 2.33. The standard InChI is InChI=1S/C30H31N5O3/c1-4-37-27-16-23(8-11-26(27)38-19(2)3)28(30(36)34-18-21-7-5-6-20(14-21)17-31)35-24-9-10-25-22(15-24)12-13-33-29(25)32/h5-16,19,28,35H,4,18H2,1-3H3,(H2,32,33)(H,34,36). The normalized spacial score (nSPS) is 11.6. The van der Waals surface area contributed by atoms with E-state index in [2.05, 4.69) is 21.7 Å². The van der Waals surface area contributed by atoms with Gasteiger partial charge in [0.1, 0.15) is 11.9 Å². The van der Waals surface area contributed by atoms with E-state index in [1.54, 1.807) is 24.4 Å². The number of nitrogens with one attached hydrogen (secondary N) is 2. The molecule has 1 heterocycles. The summed E-state index contributed by atoms with van der Waals surface area (Å²) in [6.07, 6.45) is 1.63. The number of ether oxygens (including phenoxy) is 2. The number of nitriles is 1. The minimum atomic E-state index is -0.738. The van der Waals surface area contributed by atoms with Crippen molar-refractivity contribution >= 4 is 28.2 Å². The van der Waals surface area contributed by atoms with Gasteiger partial charge >= 0.3 is 0 Å². The van der Waals surface area contributed by atoms with Crippen molar-refractivity contribution < 1.29 is 14.3 Å². The molecule has 1 unspecified atom stereocenters. The summed E-state index contributed by atoms with van der Waals surface area (Å²) in [5.41, 5.74) is 8.84. The van der Waals surface area contributed by atoms with Crippen molar-refractivity contribution in [2.24, 2.45) is 0 Å². The molecule has 38 heavy (non-hydrogen) atoms. The molecule has 0 spiro atoms. The van der Waals surface area contributed by atoms with Crippen LogP contribution < -0.4 is 25.8 Å². The van der Waals surface area contributed by atoms with Crippen LogP contribution in [0.3, 0.4) is 0 Å². The molecule has 0 aliphatic rings. The molecule has 0 radical (unpaired) electrons. The number of anilines is 2. The van der Waals surface area contributed by atoms with Gasteiger partial charge in [0.2, 0.25) is 5.91 Å². The van der Waals surface area contributed by atoms with Crippen molar-refractivity contribution in [3.8, 4) is 17.6 Å². The molecule has 4 aromatic rings. The molecular weight excluding hydrogens is 478 g/mol. The molecule has 1 amide bonds. The van der Waals surface area contributed by atoms with Crippen LogP contribution in [0.2, 0.25) is 0 Å². The van der Waals surface area contributed by atoms with Gasteiger partial charge in [0.15, 0.2) is 11.5 Å². The SMILES string of the molecule is CCOc1cc(C(Nc2ccc3c(N)nccc3c2)C(=O)NCc2cccc(C#N)c2)ccc1OC(C)C. The van der Waals surface area contributed by atoms with E-state index >= 15 is 0 Å². The van der Waals surface area contributed by atoms with Crippen LogP contribution in [0.1, 0.15) is 43.5 Å². The predicted molar refractivity (Wildman–Crippen MR) is 149 cm³/mol. The number of aromatic nitrogens is 1. The molecular formula is C30H31N5O3. The highest BCUT2D eigenvalue weighted by Gasteiger charge is 2.23. The number of carbonyl (C=O) groups is 1. The smallest absolute Gasteiger partial charge is 0.247 e. The van der Waals surface area contributed by atoms with Crippen LogP contribution in [0, 0.1) is 11.3 Å². The van der Waals surface area contributed by atoms with Gasteiger partial charge in [-0.1, -0.05) is 18.2 Å². The number of fused-ring (bicyclic) bond motifs is 1. The second-order valence-electron chi connectivity index (χ2n) is 9.05. The van der Waals surface area contributed by atoms with E-state index in [0.717, 1.165) is 22.0 Å². The molecule has 0 aliphatic carbocycles. The first kappa shape index (κ1) is 26.3. The van der Waals surface area contributed by atoms with E-state index in [1.807, 2.05) is 69.3 Å². The van der Waals surface area contributed by atoms with E-state index in [-0.39, 0.29) is 18.6 Å². The molecule has 4 rings (SSSR count). The number of pyridine rings is 1. The van der Waals surface area contributed by atoms with E-state index < -0.39 is 6.04 Å². The molecule has 0 aliphatic heterocycles. The van der Waals surface area contributed by atoms with Crippen LogP contribution in [0.15, 0.2) is 72.9 Å². The number of rotatable bonds is 10. The minimum absolute atomic E-state index is 0.0269. The number of nitrogens with two attached hydrogens (primary N) is 1. The zero-order valence-corrected chi connectivity index (χ0v) is 21.7. The van der Waals surface area contributed by atoms with Gasteiger partial charge in [-0.3, -0.25) is 4.79 Å².